The zero-order valence-corrected chi connectivity index (χ0v) is 17.2. The summed E-state index contributed by atoms with van der Waals surface area (Å²) in [7, 11) is 0. The zero-order chi connectivity index (χ0) is 20.4. The van der Waals surface area contributed by atoms with Crippen molar-refractivity contribution in [1.29, 1.82) is 0 Å². The van der Waals surface area contributed by atoms with Gasteiger partial charge >= 0.3 is 0 Å². The van der Waals surface area contributed by atoms with Crippen molar-refractivity contribution in [1.82, 2.24) is 4.90 Å². The lowest BCUT2D eigenvalue weighted by Gasteiger charge is -2.36. The Morgan fingerprint density at radius 2 is 1.90 bits per heavy atom. The van der Waals surface area contributed by atoms with Crippen molar-refractivity contribution in [2.45, 2.75) is 19.8 Å². The van der Waals surface area contributed by atoms with Crippen LogP contribution >= 0.6 is 11.6 Å². The van der Waals surface area contributed by atoms with E-state index < -0.39 is 0 Å². The van der Waals surface area contributed by atoms with Gasteiger partial charge < -0.3 is 19.9 Å². The molecule has 0 aromatic heterocycles. The van der Waals surface area contributed by atoms with E-state index in [4.69, 9.17) is 16.3 Å². The van der Waals surface area contributed by atoms with Gasteiger partial charge in [-0.1, -0.05) is 11.6 Å². The van der Waals surface area contributed by atoms with Gasteiger partial charge in [0, 0.05) is 49.0 Å². The molecule has 0 bridgehead atoms. The fourth-order valence-electron chi connectivity index (χ4n) is 3.73. The van der Waals surface area contributed by atoms with E-state index in [0.29, 0.717) is 31.7 Å². The largest absolute Gasteiger partial charge is 0.484 e. The van der Waals surface area contributed by atoms with Crippen LogP contribution in [0.5, 0.6) is 5.75 Å². The maximum absolute atomic E-state index is 12.6. The number of piperazine rings is 1. The molecule has 0 aliphatic carbocycles. The monoisotopic (exact) mass is 413 g/mol. The van der Waals surface area contributed by atoms with E-state index in [-0.39, 0.29) is 18.4 Å². The van der Waals surface area contributed by atoms with Gasteiger partial charge in [0.05, 0.1) is 0 Å². The van der Waals surface area contributed by atoms with Crippen LogP contribution in [0.1, 0.15) is 17.5 Å². The summed E-state index contributed by atoms with van der Waals surface area (Å²) in [4.78, 5) is 28.1. The number of nitrogens with zero attached hydrogens (tertiary/aromatic N) is 2. The summed E-state index contributed by atoms with van der Waals surface area (Å²) in [5.41, 5.74) is 4.06. The second-order valence-electron chi connectivity index (χ2n) is 7.46. The van der Waals surface area contributed by atoms with E-state index in [1.54, 1.807) is 6.07 Å². The van der Waals surface area contributed by atoms with Crippen molar-refractivity contribution in [3.8, 4) is 5.75 Å². The Labute approximate surface area is 175 Å². The van der Waals surface area contributed by atoms with Crippen LogP contribution in [0.15, 0.2) is 36.4 Å². The first-order chi connectivity index (χ1) is 14.0. The normalized spacial score (nSPS) is 16.3. The van der Waals surface area contributed by atoms with E-state index in [2.05, 4.69) is 16.3 Å². The molecule has 4 rings (SSSR count). The molecule has 2 amide bonds. The Hall–Kier alpha value is -2.73. The molecule has 1 N–H and O–H groups in total. The smallest absolute Gasteiger partial charge is 0.260 e. The van der Waals surface area contributed by atoms with E-state index in [9.17, 15) is 9.59 Å². The highest BCUT2D eigenvalue weighted by molar-refractivity contribution is 6.31. The SMILES string of the molecule is Cc1cc(N2CCN(C(=O)COc3ccc4c(c3)CCC(=O)N4)CC2)ccc1Cl. The summed E-state index contributed by atoms with van der Waals surface area (Å²) in [5.74, 6) is 0.681. The van der Waals surface area contributed by atoms with Crippen LogP contribution in [0.3, 0.4) is 0 Å². The molecule has 2 aliphatic rings. The van der Waals surface area contributed by atoms with Crippen LogP contribution in [0.4, 0.5) is 11.4 Å². The van der Waals surface area contributed by atoms with Gasteiger partial charge in [0.15, 0.2) is 6.61 Å². The molecule has 0 spiro atoms. The Kier molecular flexibility index (Phi) is 5.62. The molecule has 0 unspecified atom stereocenters. The fraction of sp³-hybridized carbons (Fsp3) is 0.364. The third-order valence-corrected chi connectivity index (χ3v) is 5.90. The first kappa shape index (κ1) is 19.6. The second-order valence-corrected chi connectivity index (χ2v) is 7.86. The molecule has 7 heteroatoms. The van der Waals surface area contributed by atoms with E-state index in [0.717, 1.165) is 40.6 Å². The molecule has 1 fully saturated rings. The number of halogens is 1. The molecule has 0 radical (unpaired) electrons. The number of amides is 2. The number of carbonyl (C=O) groups is 2. The number of rotatable bonds is 4. The summed E-state index contributed by atoms with van der Waals surface area (Å²) >= 11 is 6.11. The first-order valence-corrected chi connectivity index (χ1v) is 10.2. The van der Waals surface area contributed by atoms with Crippen molar-refractivity contribution in [3.63, 3.8) is 0 Å². The summed E-state index contributed by atoms with van der Waals surface area (Å²) in [6, 6.07) is 11.6. The Balaban J connectivity index is 1.29. The van der Waals surface area contributed by atoms with Gasteiger partial charge in [-0.15, -0.1) is 0 Å². The molecule has 152 valence electrons. The molecule has 0 saturated carbocycles. The van der Waals surface area contributed by atoms with Gasteiger partial charge in [0.1, 0.15) is 5.75 Å². The van der Waals surface area contributed by atoms with Crippen LogP contribution in [-0.4, -0.2) is 49.5 Å². The van der Waals surface area contributed by atoms with Crippen molar-refractivity contribution in [2.24, 2.45) is 0 Å². The number of hydrogen-bond acceptors (Lipinski definition) is 4. The average molecular weight is 414 g/mol. The highest BCUT2D eigenvalue weighted by Crippen LogP contribution is 2.27. The minimum atomic E-state index is -0.0111. The van der Waals surface area contributed by atoms with Gasteiger partial charge in [-0.25, -0.2) is 0 Å². The van der Waals surface area contributed by atoms with Crippen molar-refractivity contribution in [2.75, 3.05) is 43.0 Å². The summed E-state index contributed by atoms with van der Waals surface area (Å²) in [6.45, 7) is 4.92. The minimum Gasteiger partial charge on any atom is -0.484 e. The predicted molar refractivity (Wildman–Crippen MR) is 114 cm³/mol. The standard InChI is InChI=1S/C22H24ClN3O3/c1-15-12-17(3-5-19(15)23)25-8-10-26(11-9-25)22(28)14-29-18-4-6-20-16(13-18)2-7-21(27)24-20/h3-6,12-13H,2,7-11,14H2,1H3,(H,24,27). The molecule has 1 saturated heterocycles. The lowest BCUT2D eigenvalue weighted by atomic mass is 10.0. The van der Waals surface area contributed by atoms with Crippen LogP contribution in [0.2, 0.25) is 5.02 Å². The van der Waals surface area contributed by atoms with Gasteiger partial charge in [-0.05, 0) is 60.9 Å². The number of carbonyl (C=O) groups excluding carboxylic acids is 2. The second kappa shape index (κ2) is 8.33. The lowest BCUT2D eigenvalue weighted by molar-refractivity contribution is -0.133. The van der Waals surface area contributed by atoms with Crippen molar-refractivity contribution < 1.29 is 14.3 Å². The van der Waals surface area contributed by atoms with Gasteiger partial charge in [-0.2, -0.15) is 0 Å². The van der Waals surface area contributed by atoms with E-state index in [1.807, 2.05) is 36.1 Å². The third-order valence-electron chi connectivity index (χ3n) is 5.47. The molecule has 2 aliphatic heterocycles. The molecule has 29 heavy (non-hydrogen) atoms. The maximum Gasteiger partial charge on any atom is 0.260 e. The van der Waals surface area contributed by atoms with Crippen LogP contribution in [0.25, 0.3) is 0 Å². The number of nitrogens with one attached hydrogen (secondary N) is 1. The van der Waals surface area contributed by atoms with Gasteiger partial charge in [0.25, 0.3) is 5.91 Å². The first-order valence-electron chi connectivity index (χ1n) is 9.84. The lowest BCUT2D eigenvalue weighted by Crippen LogP contribution is -2.50. The molecule has 2 aromatic rings. The number of anilines is 2. The molecular formula is C22H24ClN3O3. The fourth-order valence-corrected chi connectivity index (χ4v) is 3.84. The average Bonchev–Trinajstić information content (AvgIpc) is 2.74. The van der Waals surface area contributed by atoms with Crippen LogP contribution in [0, 0.1) is 6.92 Å². The molecule has 2 heterocycles. The summed E-state index contributed by atoms with van der Waals surface area (Å²) in [5, 5.41) is 3.61. The zero-order valence-electron chi connectivity index (χ0n) is 16.4. The quantitative estimate of drug-likeness (QED) is 0.835. The third kappa shape index (κ3) is 4.48. The summed E-state index contributed by atoms with van der Waals surface area (Å²) < 4.78 is 5.72. The number of fused-ring (bicyclic) bond motifs is 1. The topological polar surface area (TPSA) is 61.9 Å². The Bertz CT molecular complexity index is 939. The van der Waals surface area contributed by atoms with Gasteiger partial charge in [-0.3, -0.25) is 9.59 Å². The van der Waals surface area contributed by atoms with Crippen LogP contribution < -0.4 is 15.0 Å². The van der Waals surface area contributed by atoms with E-state index in [1.165, 1.54) is 0 Å². The predicted octanol–water partition coefficient (Wildman–Crippen LogP) is 3.26. The molecule has 0 atom stereocenters. The Morgan fingerprint density at radius 3 is 2.66 bits per heavy atom. The number of ether oxygens (including phenoxy) is 1. The molecular weight excluding hydrogens is 390 g/mol. The molecule has 2 aromatic carbocycles. The van der Waals surface area contributed by atoms with Gasteiger partial charge in [0.2, 0.25) is 5.91 Å². The van der Waals surface area contributed by atoms with Crippen molar-refractivity contribution >= 4 is 34.8 Å². The highest BCUT2D eigenvalue weighted by Gasteiger charge is 2.22. The summed E-state index contributed by atoms with van der Waals surface area (Å²) in [6.07, 6.45) is 1.17. The van der Waals surface area contributed by atoms with E-state index >= 15 is 0 Å². The van der Waals surface area contributed by atoms with Crippen LogP contribution in [-0.2, 0) is 16.0 Å². The number of benzene rings is 2. The minimum absolute atomic E-state index is 0.0111. The maximum atomic E-state index is 12.6. The number of hydrogen-bond donors (Lipinski definition) is 1. The highest BCUT2D eigenvalue weighted by atomic mass is 35.5. The number of aryl methyl sites for hydroxylation is 2. The van der Waals surface area contributed by atoms with Crippen molar-refractivity contribution in [3.05, 3.63) is 52.5 Å². The Morgan fingerprint density at radius 1 is 1.10 bits per heavy atom. The molecule has 6 nitrogen and oxygen atoms in total.